The van der Waals surface area contributed by atoms with Crippen LogP contribution in [0.2, 0.25) is 0 Å². The van der Waals surface area contributed by atoms with Gasteiger partial charge in [-0.25, -0.2) is 8.78 Å². The summed E-state index contributed by atoms with van der Waals surface area (Å²) in [6.45, 7) is 5.91. The topological polar surface area (TPSA) is 43.8 Å². The van der Waals surface area contributed by atoms with E-state index < -0.39 is 17.2 Å². The third-order valence-electron chi connectivity index (χ3n) is 4.27. The predicted molar refractivity (Wildman–Crippen MR) is 88.3 cm³/mol. The molecule has 1 aliphatic heterocycles. The van der Waals surface area contributed by atoms with Crippen LogP contribution < -0.4 is 0 Å². The standard InChI is InChI=1S/C18H26F2N2O2/c1-13(2)10-21(3)12-18(24)7-4-8-22(17(18)23)11-14-5-6-15(19)16(20)9-14/h5-6,9,13,24H,4,7-8,10-12H2,1-3H3/t18-/m0/s1. The molecule has 134 valence electrons. The van der Waals surface area contributed by atoms with Crippen molar-refractivity contribution < 1.29 is 18.7 Å². The lowest BCUT2D eigenvalue weighted by molar-refractivity contribution is -0.160. The molecular weight excluding hydrogens is 314 g/mol. The Morgan fingerprint density at radius 1 is 1.33 bits per heavy atom. The van der Waals surface area contributed by atoms with E-state index in [4.69, 9.17) is 0 Å². The van der Waals surface area contributed by atoms with Gasteiger partial charge in [0.1, 0.15) is 0 Å². The summed E-state index contributed by atoms with van der Waals surface area (Å²) in [5.74, 6) is -1.73. The van der Waals surface area contributed by atoms with E-state index in [0.29, 0.717) is 30.9 Å². The van der Waals surface area contributed by atoms with Gasteiger partial charge in [-0.2, -0.15) is 0 Å². The average Bonchev–Trinajstić information content (AvgIpc) is 2.47. The van der Waals surface area contributed by atoms with Gasteiger partial charge in [-0.15, -0.1) is 0 Å². The van der Waals surface area contributed by atoms with Crippen LogP contribution in [0.15, 0.2) is 18.2 Å². The van der Waals surface area contributed by atoms with Crippen LogP contribution in [0.5, 0.6) is 0 Å². The zero-order valence-electron chi connectivity index (χ0n) is 14.6. The van der Waals surface area contributed by atoms with E-state index in [1.54, 1.807) is 0 Å². The zero-order valence-corrected chi connectivity index (χ0v) is 14.6. The summed E-state index contributed by atoms with van der Waals surface area (Å²) in [6, 6.07) is 3.62. The van der Waals surface area contributed by atoms with Gasteiger partial charge in [0, 0.05) is 26.2 Å². The first kappa shape index (κ1) is 18.8. The Kier molecular flexibility index (Phi) is 5.93. The molecule has 1 amide bonds. The Morgan fingerprint density at radius 2 is 2.04 bits per heavy atom. The maximum absolute atomic E-state index is 13.3. The van der Waals surface area contributed by atoms with Gasteiger partial charge in [0.05, 0.1) is 0 Å². The van der Waals surface area contributed by atoms with E-state index >= 15 is 0 Å². The van der Waals surface area contributed by atoms with Crippen molar-refractivity contribution in [2.24, 2.45) is 5.92 Å². The fraction of sp³-hybridized carbons (Fsp3) is 0.611. The third-order valence-corrected chi connectivity index (χ3v) is 4.27. The fourth-order valence-electron chi connectivity index (χ4n) is 3.36. The Balaban J connectivity index is 2.06. The lowest BCUT2D eigenvalue weighted by Crippen LogP contribution is -2.58. The molecule has 0 aliphatic carbocycles. The second-order valence-corrected chi connectivity index (χ2v) is 7.20. The molecule has 24 heavy (non-hydrogen) atoms. The molecule has 0 unspecified atom stereocenters. The molecular formula is C18H26F2N2O2. The van der Waals surface area contributed by atoms with E-state index in [0.717, 1.165) is 18.7 Å². The van der Waals surface area contributed by atoms with Crippen LogP contribution >= 0.6 is 0 Å². The van der Waals surface area contributed by atoms with Gasteiger partial charge in [-0.3, -0.25) is 4.79 Å². The van der Waals surface area contributed by atoms with Crippen molar-refractivity contribution in [2.75, 3.05) is 26.7 Å². The number of amides is 1. The largest absolute Gasteiger partial charge is 0.379 e. The first-order chi connectivity index (χ1) is 11.2. The van der Waals surface area contributed by atoms with Crippen LogP contribution in [0.25, 0.3) is 0 Å². The maximum atomic E-state index is 13.3. The Bertz CT molecular complexity index is 594. The molecule has 4 nitrogen and oxygen atoms in total. The van der Waals surface area contributed by atoms with Gasteiger partial charge < -0.3 is 14.9 Å². The highest BCUT2D eigenvalue weighted by Gasteiger charge is 2.42. The Morgan fingerprint density at radius 3 is 2.67 bits per heavy atom. The lowest BCUT2D eigenvalue weighted by Gasteiger charge is -2.40. The molecule has 0 saturated carbocycles. The minimum Gasteiger partial charge on any atom is -0.379 e. The number of likely N-dealkylation sites (tertiary alicyclic amines) is 1. The van der Waals surface area contributed by atoms with Gasteiger partial charge in [-0.05, 0) is 43.5 Å². The van der Waals surface area contributed by atoms with Crippen LogP contribution in [0.4, 0.5) is 8.78 Å². The highest BCUT2D eigenvalue weighted by atomic mass is 19.2. The molecule has 1 atom stereocenters. The number of piperidine rings is 1. The average molecular weight is 340 g/mol. The van der Waals surface area contributed by atoms with E-state index in [-0.39, 0.29) is 19.0 Å². The van der Waals surface area contributed by atoms with Gasteiger partial charge in [-0.1, -0.05) is 19.9 Å². The summed E-state index contributed by atoms with van der Waals surface area (Å²) in [5.41, 5.74) is -0.900. The summed E-state index contributed by atoms with van der Waals surface area (Å²) in [6.07, 6.45) is 1.10. The third kappa shape index (κ3) is 4.51. The first-order valence-electron chi connectivity index (χ1n) is 8.35. The second kappa shape index (κ2) is 7.57. The smallest absolute Gasteiger partial charge is 0.256 e. The van der Waals surface area contributed by atoms with Crippen molar-refractivity contribution in [2.45, 2.75) is 38.8 Å². The molecule has 1 fully saturated rings. The van der Waals surface area contributed by atoms with Crippen LogP contribution in [0, 0.1) is 17.6 Å². The normalized spacial score (nSPS) is 21.8. The molecule has 2 rings (SSSR count). The van der Waals surface area contributed by atoms with Crippen molar-refractivity contribution >= 4 is 5.91 Å². The fourth-order valence-corrected chi connectivity index (χ4v) is 3.36. The number of halogens is 2. The number of benzene rings is 1. The molecule has 0 aromatic heterocycles. The van der Waals surface area contributed by atoms with Gasteiger partial charge in [0.2, 0.25) is 0 Å². The summed E-state index contributed by atoms with van der Waals surface area (Å²) in [7, 11) is 1.89. The number of rotatable bonds is 6. The number of likely N-dealkylation sites (N-methyl/N-ethyl adjacent to an activating group) is 1. The van der Waals surface area contributed by atoms with E-state index in [1.807, 2.05) is 11.9 Å². The summed E-state index contributed by atoms with van der Waals surface area (Å²) < 4.78 is 26.4. The van der Waals surface area contributed by atoms with Crippen molar-refractivity contribution in [3.8, 4) is 0 Å². The molecule has 1 saturated heterocycles. The van der Waals surface area contributed by atoms with Gasteiger partial charge >= 0.3 is 0 Å². The summed E-state index contributed by atoms with van der Waals surface area (Å²) in [5, 5.41) is 10.8. The number of carbonyl (C=O) groups is 1. The quantitative estimate of drug-likeness (QED) is 0.865. The number of carbonyl (C=O) groups excluding carboxylic acids is 1. The van der Waals surface area contributed by atoms with Crippen LogP contribution in [-0.2, 0) is 11.3 Å². The lowest BCUT2D eigenvalue weighted by atomic mass is 9.90. The molecule has 1 aliphatic rings. The number of hydrogen-bond acceptors (Lipinski definition) is 3. The predicted octanol–water partition coefficient (Wildman–Crippen LogP) is 2.41. The molecule has 6 heteroatoms. The van der Waals surface area contributed by atoms with Gasteiger partial charge in [0.25, 0.3) is 5.91 Å². The molecule has 1 aromatic rings. The minimum absolute atomic E-state index is 0.173. The SMILES string of the molecule is CC(C)CN(C)C[C@@]1(O)CCCN(Cc2ccc(F)c(F)c2)C1=O. The number of nitrogens with zero attached hydrogens (tertiary/aromatic N) is 2. The molecule has 0 spiro atoms. The van der Waals surface area contributed by atoms with Crippen molar-refractivity contribution in [1.82, 2.24) is 9.80 Å². The van der Waals surface area contributed by atoms with E-state index in [9.17, 15) is 18.7 Å². The molecule has 0 bridgehead atoms. The van der Waals surface area contributed by atoms with E-state index in [2.05, 4.69) is 13.8 Å². The molecule has 1 aromatic carbocycles. The molecule has 1 N–H and O–H groups in total. The number of aliphatic hydroxyl groups is 1. The van der Waals surface area contributed by atoms with Crippen molar-refractivity contribution in [3.05, 3.63) is 35.4 Å². The monoisotopic (exact) mass is 340 g/mol. The summed E-state index contributed by atoms with van der Waals surface area (Å²) >= 11 is 0. The molecule has 0 radical (unpaired) electrons. The van der Waals surface area contributed by atoms with Crippen molar-refractivity contribution in [3.63, 3.8) is 0 Å². The highest BCUT2D eigenvalue weighted by molar-refractivity contribution is 5.86. The number of hydrogen-bond donors (Lipinski definition) is 1. The second-order valence-electron chi connectivity index (χ2n) is 7.20. The van der Waals surface area contributed by atoms with Crippen LogP contribution in [0.3, 0.4) is 0 Å². The van der Waals surface area contributed by atoms with E-state index in [1.165, 1.54) is 11.0 Å². The highest BCUT2D eigenvalue weighted by Crippen LogP contribution is 2.25. The summed E-state index contributed by atoms with van der Waals surface area (Å²) in [4.78, 5) is 16.2. The van der Waals surface area contributed by atoms with Crippen molar-refractivity contribution in [1.29, 1.82) is 0 Å². The Labute approximate surface area is 142 Å². The maximum Gasteiger partial charge on any atom is 0.256 e. The first-order valence-corrected chi connectivity index (χ1v) is 8.35. The zero-order chi connectivity index (χ0) is 17.9. The van der Waals surface area contributed by atoms with Crippen LogP contribution in [0.1, 0.15) is 32.3 Å². The molecule has 1 heterocycles. The minimum atomic E-state index is -1.42. The Hall–Kier alpha value is -1.53. The van der Waals surface area contributed by atoms with Gasteiger partial charge in [0.15, 0.2) is 17.2 Å². The van der Waals surface area contributed by atoms with Crippen LogP contribution in [-0.4, -0.2) is 53.1 Å².